The monoisotopic (exact) mass is 259 g/mol. The van der Waals surface area contributed by atoms with Crippen LogP contribution in [0.5, 0.6) is 0 Å². The molecule has 0 fully saturated rings. The second-order valence-corrected chi connectivity index (χ2v) is 4.34. The number of hydrogen-bond acceptors (Lipinski definition) is 2. The first-order valence-corrected chi connectivity index (χ1v) is 5.85. The van der Waals surface area contributed by atoms with E-state index in [0.29, 0.717) is 5.92 Å². The molecule has 0 bridgehead atoms. The minimum atomic E-state index is 0.541. The molecule has 3 nitrogen and oxygen atoms in total. The van der Waals surface area contributed by atoms with Gasteiger partial charge < -0.3 is 5.32 Å². The summed E-state index contributed by atoms with van der Waals surface area (Å²) in [5.41, 5.74) is 1.31. The van der Waals surface area contributed by atoms with Gasteiger partial charge in [-0.1, -0.05) is 6.92 Å². The zero-order valence-electron chi connectivity index (χ0n) is 9.05. The second-order valence-electron chi connectivity index (χ2n) is 3.49. The fourth-order valence-corrected chi connectivity index (χ4v) is 2.30. The molecule has 0 spiro atoms. The van der Waals surface area contributed by atoms with E-state index in [1.54, 1.807) is 0 Å². The number of nitrogens with zero attached hydrogens (tertiary/aromatic N) is 2. The molecule has 0 aliphatic rings. The highest BCUT2D eigenvalue weighted by atomic mass is 79.9. The summed E-state index contributed by atoms with van der Waals surface area (Å²) in [6.45, 7) is 6.34. The zero-order chi connectivity index (χ0) is 10.6. The van der Waals surface area contributed by atoms with Gasteiger partial charge in [-0.15, -0.1) is 0 Å². The van der Waals surface area contributed by atoms with Gasteiger partial charge in [0, 0.05) is 12.5 Å². The number of nitrogens with one attached hydrogen (secondary N) is 1. The summed E-state index contributed by atoms with van der Waals surface area (Å²) in [5.74, 6) is 0.541. The first kappa shape index (κ1) is 11.7. The van der Waals surface area contributed by atoms with Gasteiger partial charge in [0.2, 0.25) is 0 Å². The van der Waals surface area contributed by atoms with Crippen LogP contribution in [0.3, 0.4) is 0 Å². The van der Waals surface area contributed by atoms with Crippen LogP contribution in [-0.4, -0.2) is 23.4 Å². The van der Waals surface area contributed by atoms with Crippen LogP contribution < -0.4 is 5.32 Å². The molecule has 0 amide bonds. The quantitative estimate of drug-likeness (QED) is 0.880. The van der Waals surface area contributed by atoms with E-state index >= 15 is 0 Å². The molecule has 1 unspecified atom stereocenters. The molecule has 80 valence electrons. The molecule has 1 N–H and O–H groups in total. The van der Waals surface area contributed by atoms with Crippen molar-refractivity contribution < 1.29 is 0 Å². The molecule has 1 rings (SSSR count). The van der Waals surface area contributed by atoms with E-state index in [9.17, 15) is 0 Å². The fraction of sp³-hybridized carbons (Fsp3) is 0.700. The summed E-state index contributed by atoms with van der Waals surface area (Å²) >= 11 is 3.55. The lowest BCUT2D eigenvalue weighted by Gasteiger charge is -2.13. The molecule has 1 aromatic heterocycles. The van der Waals surface area contributed by atoms with Crippen molar-refractivity contribution >= 4 is 15.9 Å². The van der Waals surface area contributed by atoms with Gasteiger partial charge in [-0.25, -0.2) is 0 Å². The summed E-state index contributed by atoms with van der Waals surface area (Å²) in [6, 6.07) is 0. The van der Waals surface area contributed by atoms with Crippen molar-refractivity contribution in [2.45, 2.75) is 32.7 Å². The highest BCUT2D eigenvalue weighted by Gasteiger charge is 2.14. The third-order valence-electron chi connectivity index (χ3n) is 2.43. The van der Waals surface area contributed by atoms with Crippen molar-refractivity contribution in [1.29, 1.82) is 0 Å². The average Bonchev–Trinajstić information content (AvgIpc) is 2.56. The smallest absolute Gasteiger partial charge is 0.0635 e. The van der Waals surface area contributed by atoms with Crippen LogP contribution in [-0.2, 0) is 6.54 Å². The average molecular weight is 260 g/mol. The minimum Gasteiger partial charge on any atom is -0.320 e. The van der Waals surface area contributed by atoms with Gasteiger partial charge in [0.05, 0.1) is 16.4 Å². The molecule has 0 radical (unpaired) electrons. The number of aromatic nitrogens is 2. The summed E-state index contributed by atoms with van der Waals surface area (Å²) in [4.78, 5) is 0. The molecular weight excluding hydrogens is 242 g/mol. The third kappa shape index (κ3) is 2.58. The van der Waals surface area contributed by atoms with E-state index in [2.05, 4.69) is 44.9 Å². The van der Waals surface area contributed by atoms with Crippen LogP contribution in [0.4, 0.5) is 0 Å². The Hall–Kier alpha value is -0.350. The lowest BCUT2D eigenvalue weighted by Crippen LogP contribution is -2.13. The van der Waals surface area contributed by atoms with E-state index in [1.165, 1.54) is 5.69 Å². The van der Waals surface area contributed by atoms with Crippen molar-refractivity contribution in [3.63, 3.8) is 0 Å². The van der Waals surface area contributed by atoms with Gasteiger partial charge in [0.15, 0.2) is 0 Å². The van der Waals surface area contributed by atoms with E-state index in [0.717, 1.165) is 24.0 Å². The number of halogens is 1. The summed E-state index contributed by atoms with van der Waals surface area (Å²) in [6.07, 6.45) is 3.02. The largest absolute Gasteiger partial charge is 0.320 e. The second kappa shape index (κ2) is 5.51. The lowest BCUT2D eigenvalue weighted by molar-refractivity contribution is 0.549. The Balaban J connectivity index is 2.76. The Morgan fingerprint density at radius 1 is 1.64 bits per heavy atom. The van der Waals surface area contributed by atoms with Crippen molar-refractivity contribution in [1.82, 2.24) is 15.1 Å². The van der Waals surface area contributed by atoms with Crippen LogP contribution in [0.1, 0.15) is 31.9 Å². The Morgan fingerprint density at radius 2 is 2.36 bits per heavy atom. The molecule has 1 aromatic rings. The summed E-state index contributed by atoms with van der Waals surface area (Å²) < 4.78 is 3.19. The van der Waals surface area contributed by atoms with Crippen LogP contribution >= 0.6 is 15.9 Å². The molecule has 0 aliphatic carbocycles. The van der Waals surface area contributed by atoms with Crippen molar-refractivity contribution in [2.75, 3.05) is 13.6 Å². The van der Waals surface area contributed by atoms with Gasteiger partial charge in [0.25, 0.3) is 0 Å². The molecule has 14 heavy (non-hydrogen) atoms. The van der Waals surface area contributed by atoms with Crippen LogP contribution in [0.2, 0.25) is 0 Å². The first-order valence-electron chi connectivity index (χ1n) is 5.06. The van der Waals surface area contributed by atoms with E-state index < -0.39 is 0 Å². The Morgan fingerprint density at radius 3 is 2.93 bits per heavy atom. The molecule has 1 atom stereocenters. The van der Waals surface area contributed by atoms with Gasteiger partial charge >= 0.3 is 0 Å². The molecule has 0 aliphatic heterocycles. The van der Waals surface area contributed by atoms with E-state index in [1.807, 2.05) is 13.2 Å². The van der Waals surface area contributed by atoms with Crippen LogP contribution in [0.25, 0.3) is 0 Å². The number of hydrogen-bond donors (Lipinski definition) is 1. The predicted octanol–water partition coefficient (Wildman–Crippen LogP) is 2.38. The molecule has 4 heteroatoms. The normalized spacial score (nSPS) is 13.1. The highest BCUT2D eigenvalue weighted by molar-refractivity contribution is 9.10. The van der Waals surface area contributed by atoms with Crippen molar-refractivity contribution in [3.05, 3.63) is 16.4 Å². The van der Waals surface area contributed by atoms with Crippen LogP contribution in [0, 0.1) is 0 Å². The van der Waals surface area contributed by atoms with Crippen LogP contribution in [0.15, 0.2) is 10.7 Å². The van der Waals surface area contributed by atoms with Gasteiger partial charge in [-0.05, 0) is 42.9 Å². The van der Waals surface area contributed by atoms with Crippen molar-refractivity contribution in [3.8, 4) is 0 Å². The van der Waals surface area contributed by atoms with Gasteiger partial charge in [-0.2, -0.15) is 5.10 Å². The third-order valence-corrected chi connectivity index (χ3v) is 3.04. The van der Waals surface area contributed by atoms with Crippen molar-refractivity contribution in [2.24, 2.45) is 0 Å². The summed E-state index contributed by atoms with van der Waals surface area (Å²) in [5, 5.41) is 7.49. The molecule has 1 heterocycles. The molecule has 0 saturated carbocycles. The topological polar surface area (TPSA) is 29.9 Å². The molecule has 0 saturated heterocycles. The van der Waals surface area contributed by atoms with E-state index in [-0.39, 0.29) is 0 Å². The maximum atomic E-state index is 4.31. The fourth-order valence-electron chi connectivity index (χ4n) is 1.61. The Kier molecular flexibility index (Phi) is 4.62. The molecule has 0 aromatic carbocycles. The predicted molar refractivity (Wildman–Crippen MR) is 62.6 cm³/mol. The Labute approximate surface area is 94.0 Å². The van der Waals surface area contributed by atoms with Gasteiger partial charge in [-0.3, -0.25) is 4.68 Å². The highest BCUT2D eigenvalue weighted by Crippen LogP contribution is 2.26. The minimum absolute atomic E-state index is 0.541. The zero-order valence-corrected chi connectivity index (χ0v) is 10.6. The maximum Gasteiger partial charge on any atom is 0.0635 e. The standard InChI is InChI=1S/C10H18BrN3/c1-4-14-10(9(11)7-13-14)8(2)5-6-12-3/h7-8,12H,4-6H2,1-3H3. The Bertz CT molecular complexity index is 283. The summed E-state index contributed by atoms with van der Waals surface area (Å²) in [7, 11) is 1.99. The first-order chi connectivity index (χ1) is 6.70. The maximum absolute atomic E-state index is 4.31. The number of rotatable bonds is 5. The number of aryl methyl sites for hydroxylation is 1. The van der Waals surface area contributed by atoms with E-state index in [4.69, 9.17) is 0 Å². The SMILES string of the molecule is CCn1ncc(Br)c1C(C)CCNC. The lowest BCUT2D eigenvalue weighted by atomic mass is 10.0. The van der Waals surface area contributed by atoms with Gasteiger partial charge in [0.1, 0.15) is 0 Å². The molecular formula is C10H18BrN3.